The van der Waals surface area contributed by atoms with Crippen LogP contribution in [0.1, 0.15) is 23.2 Å². The number of hydrogen-bond donors (Lipinski definition) is 3. The second-order valence-corrected chi connectivity index (χ2v) is 7.04. The van der Waals surface area contributed by atoms with Crippen molar-refractivity contribution in [3.05, 3.63) is 68.2 Å². The average Bonchev–Trinajstić information content (AvgIpc) is 2.71. The molecule has 0 radical (unpaired) electrons. The number of carbonyl (C=O) groups is 2. The largest absolute Gasteiger partial charge is 0.492 e. The van der Waals surface area contributed by atoms with Crippen molar-refractivity contribution in [3.63, 3.8) is 0 Å². The van der Waals surface area contributed by atoms with E-state index in [1.807, 2.05) is 0 Å². The Balaban J connectivity index is 1.66. The lowest BCUT2D eigenvalue weighted by molar-refractivity contribution is -0.384. The van der Waals surface area contributed by atoms with Crippen LogP contribution < -0.4 is 20.9 Å². The van der Waals surface area contributed by atoms with Crippen LogP contribution in [0.2, 0.25) is 10.0 Å². The number of nitrogens with zero attached hydrogens (tertiary/aromatic N) is 1. The minimum Gasteiger partial charge on any atom is -0.492 e. The van der Waals surface area contributed by atoms with Crippen molar-refractivity contribution < 1.29 is 19.2 Å². The minimum atomic E-state index is -0.579. The van der Waals surface area contributed by atoms with Gasteiger partial charge >= 0.3 is 0 Å². The summed E-state index contributed by atoms with van der Waals surface area (Å²) in [6, 6.07) is 9.83. The van der Waals surface area contributed by atoms with E-state index in [2.05, 4.69) is 16.2 Å². The third-order valence-corrected chi connectivity index (χ3v) is 4.32. The van der Waals surface area contributed by atoms with Crippen molar-refractivity contribution in [1.82, 2.24) is 16.2 Å². The van der Waals surface area contributed by atoms with Crippen LogP contribution in [0.25, 0.3) is 0 Å². The number of amides is 2. The van der Waals surface area contributed by atoms with E-state index in [1.165, 1.54) is 24.3 Å². The number of ether oxygens (including phenoxy) is 1. The molecule has 0 aliphatic rings. The zero-order chi connectivity index (χ0) is 22.1. The Kier molecular flexibility index (Phi) is 8.78. The van der Waals surface area contributed by atoms with Gasteiger partial charge in [0.1, 0.15) is 5.75 Å². The van der Waals surface area contributed by atoms with Gasteiger partial charge in [-0.3, -0.25) is 35.9 Å². The Morgan fingerprint density at radius 1 is 1.10 bits per heavy atom. The third-order valence-electron chi connectivity index (χ3n) is 3.58. The summed E-state index contributed by atoms with van der Waals surface area (Å²) in [6.07, 6.45) is 0.547. The molecule has 2 amide bonds. The summed E-state index contributed by atoms with van der Waals surface area (Å²) in [5.74, 6) is -0.479. The van der Waals surface area contributed by atoms with Gasteiger partial charge in [-0.25, -0.2) is 0 Å². The summed E-state index contributed by atoms with van der Waals surface area (Å²) in [5.41, 5.74) is 4.79. The quantitative estimate of drug-likeness (QED) is 0.245. The summed E-state index contributed by atoms with van der Waals surface area (Å²) in [6.45, 7) is 0.260. The van der Waals surface area contributed by atoms with E-state index in [1.54, 1.807) is 18.2 Å². The normalized spacial score (nSPS) is 10.1. The average molecular weight is 471 g/mol. The Morgan fingerprint density at radius 3 is 2.43 bits per heavy atom. The Hall–Kier alpha value is -2.95. The Morgan fingerprint density at radius 2 is 1.80 bits per heavy atom. The molecular formula is C18H16Cl2N4O5S. The maximum absolute atomic E-state index is 12.0. The van der Waals surface area contributed by atoms with E-state index in [4.69, 9.17) is 40.2 Å². The van der Waals surface area contributed by atoms with Crippen LogP contribution in [0.4, 0.5) is 5.69 Å². The molecule has 0 unspecified atom stereocenters. The van der Waals surface area contributed by atoms with Gasteiger partial charge in [-0.15, -0.1) is 0 Å². The molecule has 158 valence electrons. The highest BCUT2D eigenvalue weighted by Crippen LogP contribution is 2.27. The smallest absolute Gasteiger partial charge is 0.269 e. The van der Waals surface area contributed by atoms with E-state index in [-0.39, 0.29) is 35.3 Å². The van der Waals surface area contributed by atoms with Crippen LogP contribution in [0.3, 0.4) is 0 Å². The van der Waals surface area contributed by atoms with Gasteiger partial charge in [0.2, 0.25) is 5.91 Å². The SMILES string of the molecule is O=C(CCCOc1ccc(Cl)cc1Cl)NNC(=S)NC(=O)c1ccc([N+](=O)[O-])cc1. The second-order valence-electron chi connectivity index (χ2n) is 5.79. The molecule has 0 spiro atoms. The molecule has 0 heterocycles. The highest BCUT2D eigenvalue weighted by molar-refractivity contribution is 7.80. The third kappa shape index (κ3) is 7.47. The Labute approximate surface area is 186 Å². The summed E-state index contributed by atoms with van der Waals surface area (Å²) in [7, 11) is 0. The lowest BCUT2D eigenvalue weighted by atomic mass is 10.2. The molecule has 0 aliphatic heterocycles. The number of non-ortho nitro benzene ring substituents is 1. The fraction of sp³-hybridized carbons (Fsp3) is 0.167. The molecule has 0 aliphatic carbocycles. The molecule has 0 saturated heterocycles. The monoisotopic (exact) mass is 470 g/mol. The number of halogens is 2. The van der Waals surface area contributed by atoms with E-state index in [0.29, 0.717) is 22.2 Å². The van der Waals surface area contributed by atoms with Gasteiger partial charge in [0, 0.05) is 29.1 Å². The molecule has 0 atom stereocenters. The molecular weight excluding hydrogens is 455 g/mol. The zero-order valence-electron chi connectivity index (χ0n) is 15.3. The van der Waals surface area contributed by atoms with Gasteiger partial charge in [-0.05, 0) is 49.0 Å². The maximum Gasteiger partial charge on any atom is 0.269 e. The first-order valence-electron chi connectivity index (χ1n) is 8.48. The molecule has 9 nitrogen and oxygen atoms in total. The van der Waals surface area contributed by atoms with Crippen LogP contribution in [-0.2, 0) is 4.79 Å². The lowest BCUT2D eigenvalue weighted by Crippen LogP contribution is -2.48. The highest BCUT2D eigenvalue weighted by atomic mass is 35.5. The number of benzene rings is 2. The zero-order valence-corrected chi connectivity index (χ0v) is 17.6. The number of rotatable bonds is 7. The van der Waals surface area contributed by atoms with Crippen LogP contribution in [0, 0.1) is 10.1 Å². The van der Waals surface area contributed by atoms with Gasteiger partial charge in [-0.1, -0.05) is 23.2 Å². The van der Waals surface area contributed by atoms with Crippen LogP contribution >= 0.6 is 35.4 Å². The van der Waals surface area contributed by atoms with Gasteiger partial charge in [0.25, 0.3) is 11.6 Å². The van der Waals surface area contributed by atoms with Crippen molar-refractivity contribution in [3.8, 4) is 5.75 Å². The van der Waals surface area contributed by atoms with Crippen molar-refractivity contribution in [2.45, 2.75) is 12.8 Å². The second kappa shape index (κ2) is 11.3. The predicted octanol–water partition coefficient (Wildman–Crippen LogP) is 3.40. The van der Waals surface area contributed by atoms with Crippen molar-refractivity contribution in [2.75, 3.05) is 6.61 Å². The van der Waals surface area contributed by atoms with Crippen LogP contribution in [-0.4, -0.2) is 28.5 Å². The number of carbonyl (C=O) groups excluding carboxylic acids is 2. The number of nitro benzene ring substituents is 1. The van der Waals surface area contributed by atoms with Gasteiger partial charge < -0.3 is 4.74 Å². The van der Waals surface area contributed by atoms with Crippen molar-refractivity contribution in [1.29, 1.82) is 0 Å². The summed E-state index contributed by atoms with van der Waals surface area (Å²) >= 11 is 16.7. The minimum absolute atomic E-state index is 0.129. The fourth-order valence-electron chi connectivity index (χ4n) is 2.14. The number of nitrogens with one attached hydrogen (secondary N) is 3. The maximum atomic E-state index is 12.0. The molecule has 2 aromatic carbocycles. The van der Waals surface area contributed by atoms with Crippen molar-refractivity contribution in [2.24, 2.45) is 0 Å². The molecule has 2 aromatic rings. The van der Waals surface area contributed by atoms with Crippen LogP contribution in [0.15, 0.2) is 42.5 Å². The van der Waals surface area contributed by atoms with E-state index < -0.39 is 10.8 Å². The first kappa shape index (κ1) is 23.3. The molecule has 0 saturated carbocycles. The molecule has 30 heavy (non-hydrogen) atoms. The highest BCUT2D eigenvalue weighted by Gasteiger charge is 2.11. The Bertz CT molecular complexity index is 956. The topological polar surface area (TPSA) is 123 Å². The molecule has 3 N–H and O–H groups in total. The fourth-order valence-corrected chi connectivity index (χ4v) is 2.74. The lowest BCUT2D eigenvalue weighted by Gasteiger charge is -2.11. The first-order valence-corrected chi connectivity index (χ1v) is 9.65. The molecule has 0 fully saturated rings. The van der Waals surface area contributed by atoms with Crippen LogP contribution in [0.5, 0.6) is 5.75 Å². The van der Waals surface area contributed by atoms with Gasteiger partial charge in [0.05, 0.1) is 16.6 Å². The van der Waals surface area contributed by atoms with E-state index in [0.717, 1.165) is 0 Å². The predicted molar refractivity (Wildman–Crippen MR) is 116 cm³/mol. The standard InChI is InChI=1S/C18H16Cl2N4O5S/c19-12-5-8-15(14(20)10-12)29-9-1-2-16(25)22-23-18(30)21-17(26)11-3-6-13(7-4-11)24(27)28/h3-8,10H,1-2,9H2,(H,22,25)(H2,21,23,26,30). The van der Waals surface area contributed by atoms with E-state index >= 15 is 0 Å². The number of hydrogen-bond acceptors (Lipinski definition) is 6. The summed E-state index contributed by atoms with van der Waals surface area (Å²) < 4.78 is 5.48. The molecule has 2 rings (SSSR count). The van der Waals surface area contributed by atoms with E-state index in [9.17, 15) is 19.7 Å². The number of hydrazine groups is 1. The molecule has 0 bridgehead atoms. The van der Waals surface area contributed by atoms with Crippen molar-refractivity contribution >= 4 is 58.0 Å². The summed E-state index contributed by atoms with van der Waals surface area (Å²) in [4.78, 5) is 33.9. The molecule has 0 aromatic heterocycles. The van der Waals surface area contributed by atoms with Gasteiger partial charge in [-0.2, -0.15) is 0 Å². The summed E-state index contributed by atoms with van der Waals surface area (Å²) in [5, 5.41) is 13.7. The number of thiocarbonyl (C=S) groups is 1. The molecule has 12 heteroatoms. The first-order chi connectivity index (χ1) is 14.3. The number of nitro groups is 1. The van der Waals surface area contributed by atoms with Gasteiger partial charge in [0.15, 0.2) is 5.11 Å².